The minimum Gasteiger partial charge on any atom is -0.490 e. The molecule has 366 valence electrons. The van der Waals surface area contributed by atoms with Crippen molar-refractivity contribution >= 4 is 151 Å². The number of fused-ring (bicyclic) bond motifs is 11. The lowest BCUT2D eigenvalue weighted by molar-refractivity contribution is 0.245. The summed E-state index contributed by atoms with van der Waals surface area (Å²) in [7, 11) is 0. The van der Waals surface area contributed by atoms with Crippen molar-refractivity contribution in [3.63, 3.8) is 0 Å². The minimum absolute atomic E-state index is 0.0280. The first-order valence-corrected chi connectivity index (χ1v) is 27.5. The Hall–Kier alpha value is -6.90. The number of rotatable bonds is 4. The van der Waals surface area contributed by atoms with E-state index in [2.05, 4.69) is 208 Å². The van der Waals surface area contributed by atoms with Crippen molar-refractivity contribution in [2.24, 2.45) is 0 Å². The van der Waals surface area contributed by atoms with Crippen LogP contribution in [0.1, 0.15) is 133 Å². The van der Waals surface area contributed by atoms with E-state index < -0.39 is 0 Å². The van der Waals surface area contributed by atoms with E-state index in [4.69, 9.17) is 9.47 Å². The van der Waals surface area contributed by atoms with E-state index in [1.807, 2.05) is 0 Å². The third-order valence-electron chi connectivity index (χ3n) is 17.8. The normalized spacial score (nSPS) is 14.2. The summed E-state index contributed by atoms with van der Waals surface area (Å²) >= 11 is 0. The van der Waals surface area contributed by atoms with Crippen LogP contribution in [-0.2, 0) is 21.7 Å². The topological polar surface area (TPSA) is 18.5 Å². The van der Waals surface area contributed by atoms with Gasteiger partial charge in [-0.25, -0.2) is 0 Å². The van der Waals surface area contributed by atoms with Crippen LogP contribution in [0, 0.1) is 0 Å². The first-order chi connectivity index (χ1) is 34.9. The molecule has 0 aromatic heterocycles. The van der Waals surface area contributed by atoms with Crippen LogP contribution in [0.2, 0.25) is 0 Å². The molecule has 0 saturated heterocycles. The van der Waals surface area contributed by atoms with E-state index in [1.165, 1.54) is 173 Å². The van der Waals surface area contributed by atoms with Crippen molar-refractivity contribution < 1.29 is 9.47 Å². The maximum atomic E-state index is 7.22. The highest BCUT2D eigenvalue weighted by Crippen LogP contribution is 2.64. The van der Waals surface area contributed by atoms with E-state index in [1.54, 1.807) is 0 Å². The predicted octanol–water partition coefficient (Wildman–Crippen LogP) is 21.2. The molecule has 0 radical (unpaired) electrons. The third-order valence-corrected chi connectivity index (χ3v) is 17.8. The summed E-state index contributed by atoms with van der Waals surface area (Å²) in [6, 6.07) is 39.3. The van der Waals surface area contributed by atoms with Crippen molar-refractivity contribution in [1.82, 2.24) is 0 Å². The molecule has 6 bridgehead atoms. The van der Waals surface area contributed by atoms with E-state index in [0.29, 0.717) is 0 Å². The molecule has 2 heteroatoms. The Morgan fingerprint density at radius 2 is 0.514 bits per heavy atom. The summed E-state index contributed by atoms with van der Waals surface area (Å²) in [6.07, 6.45) is -0.0559. The highest BCUT2D eigenvalue weighted by molar-refractivity contribution is 6.62. The van der Waals surface area contributed by atoms with Gasteiger partial charge in [0.1, 0.15) is 11.5 Å². The van der Waals surface area contributed by atoms with E-state index in [0.717, 1.165) is 11.5 Å². The average molecular weight is 963 g/mol. The first-order valence-electron chi connectivity index (χ1n) is 27.5. The van der Waals surface area contributed by atoms with Crippen LogP contribution in [0.25, 0.3) is 151 Å². The van der Waals surface area contributed by atoms with Crippen LogP contribution in [0.4, 0.5) is 0 Å². The van der Waals surface area contributed by atoms with Crippen LogP contribution in [0.3, 0.4) is 0 Å². The second-order valence-electron chi connectivity index (χ2n) is 27.3. The van der Waals surface area contributed by atoms with Gasteiger partial charge in [-0.2, -0.15) is 0 Å². The van der Waals surface area contributed by atoms with Crippen molar-refractivity contribution in [3.8, 4) is 11.5 Å². The maximum absolute atomic E-state index is 7.22. The minimum atomic E-state index is -0.164. The van der Waals surface area contributed by atoms with Gasteiger partial charge in [0, 0.05) is 53.9 Å². The van der Waals surface area contributed by atoms with Crippen LogP contribution >= 0.6 is 0 Å². The number of benzene rings is 13. The molecule has 0 fully saturated rings. The molecule has 0 heterocycles. The number of ether oxygens (including phenoxy) is 2. The van der Waals surface area contributed by atoms with Gasteiger partial charge in [-0.3, -0.25) is 0 Å². The predicted molar refractivity (Wildman–Crippen MR) is 325 cm³/mol. The fraction of sp³-hybridized carbons (Fsp3) is 0.306. The van der Waals surface area contributed by atoms with Gasteiger partial charge in [0.15, 0.2) is 0 Å². The summed E-state index contributed by atoms with van der Waals surface area (Å²) in [5, 5.41) is 37.3. The molecule has 0 aliphatic carbocycles. The second-order valence-corrected chi connectivity index (χ2v) is 27.3. The SMILES string of the molecule is CC(C)Oc1ccc2c3ccc(OC(C)C)c4c5c6cc(C(C)(C)C)ccc6c6ccc(C(C)(C)C)c7c8ccc9c%10c(C(C)(C)C)ccc%11c%12ccc(C(C)(C)C)cc%12c%12c1c2c1c(c34)c(c9c8c1c%12c%11%10)c5c67. The lowest BCUT2D eigenvalue weighted by Gasteiger charge is -2.27. The molecule has 15 aromatic rings. The molecule has 0 spiro atoms. The lowest BCUT2D eigenvalue weighted by Crippen LogP contribution is -2.12. The Morgan fingerprint density at radius 3 is 0.851 bits per heavy atom. The third kappa shape index (κ3) is 5.33. The van der Waals surface area contributed by atoms with Crippen molar-refractivity contribution in [2.45, 2.75) is 145 Å². The molecule has 0 aliphatic rings. The molecule has 15 aromatic carbocycles. The molecular formula is C72H66O2. The zero-order valence-corrected chi connectivity index (χ0v) is 46.2. The van der Waals surface area contributed by atoms with Crippen LogP contribution in [0.15, 0.2) is 97.1 Å². The Labute approximate surface area is 433 Å². The quantitative estimate of drug-likeness (QED) is 0.129. The number of hydrogen-bond acceptors (Lipinski definition) is 2. The van der Waals surface area contributed by atoms with Gasteiger partial charge in [0.05, 0.1) is 12.2 Å². The Bertz CT molecular complexity index is 4580. The second kappa shape index (κ2) is 13.7. The summed E-state index contributed by atoms with van der Waals surface area (Å²) in [6.45, 7) is 37.4. The molecule has 0 N–H and O–H groups in total. The van der Waals surface area contributed by atoms with E-state index in [-0.39, 0.29) is 33.9 Å². The lowest BCUT2D eigenvalue weighted by atomic mass is 9.76. The van der Waals surface area contributed by atoms with Gasteiger partial charge >= 0.3 is 0 Å². The zero-order valence-electron chi connectivity index (χ0n) is 46.2. The monoisotopic (exact) mass is 963 g/mol. The molecule has 15 rings (SSSR count). The van der Waals surface area contributed by atoms with Gasteiger partial charge in [-0.05, 0) is 193 Å². The van der Waals surface area contributed by atoms with Crippen molar-refractivity contribution in [1.29, 1.82) is 0 Å². The molecule has 0 unspecified atom stereocenters. The van der Waals surface area contributed by atoms with Gasteiger partial charge in [0.25, 0.3) is 0 Å². The highest BCUT2D eigenvalue weighted by atomic mass is 16.5. The smallest absolute Gasteiger partial charge is 0.128 e. The molecule has 74 heavy (non-hydrogen) atoms. The summed E-state index contributed by atoms with van der Waals surface area (Å²) in [5.74, 6) is 1.91. The average Bonchev–Trinajstić information content (AvgIpc) is 3.59. The first kappa shape index (κ1) is 44.6. The molecule has 2 nitrogen and oxygen atoms in total. The molecule has 0 amide bonds. The Morgan fingerprint density at radius 1 is 0.243 bits per heavy atom. The largest absolute Gasteiger partial charge is 0.490 e. The molecule has 0 saturated carbocycles. The van der Waals surface area contributed by atoms with Gasteiger partial charge in [0.2, 0.25) is 0 Å². The van der Waals surface area contributed by atoms with E-state index >= 15 is 0 Å². The van der Waals surface area contributed by atoms with Gasteiger partial charge in [-0.15, -0.1) is 0 Å². The molecule has 0 atom stereocenters. The van der Waals surface area contributed by atoms with E-state index in [9.17, 15) is 0 Å². The van der Waals surface area contributed by atoms with Gasteiger partial charge < -0.3 is 9.47 Å². The van der Waals surface area contributed by atoms with Crippen LogP contribution in [0.5, 0.6) is 11.5 Å². The Balaban J connectivity index is 1.45. The van der Waals surface area contributed by atoms with Crippen molar-refractivity contribution in [2.75, 3.05) is 0 Å². The number of hydrogen-bond donors (Lipinski definition) is 0. The zero-order chi connectivity index (χ0) is 51.5. The fourth-order valence-electron chi connectivity index (χ4n) is 14.8. The highest BCUT2D eigenvalue weighted by Gasteiger charge is 2.36. The van der Waals surface area contributed by atoms with Crippen LogP contribution < -0.4 is 9.47 Å². The molecule has 0 aliphatic heterocycles. The summed E-state index contributed by atoms with van der Waals surface area (Å²) in [5.41, 5.74) is 4.98. The standard InChI is InChI=1S/C72H66O2/c1-33(2)73-49-29-25-41-42-26-30-50(74-34(3)4)62-56(42)66-65-55(41)61(49)59-45-31-35(69(5,6)7)17-19-37(45)39-23-27-47(71(11,12)13)51-43-21-22-44-52-48(72(14,15)16)28-24-40-38-20-18-36(70(8,9)10)32-46(38)60(62)64(54(40)52)68(66)58(43)57(44)67(65)63(59)53(39)51/h17-34H,1-16H3. The summed E-state index contributed by atoms with van der Waals surface area (Å²) < 4.78 is 14.4. The van der Waals surface area contributed by atoms with Crippen LogP contribution in [-0.4, -0.2) is 12.2 Å². The van der Waals surface area contributed by atoms with Crippen molar-refractivity contribution in [3.05, 3.63) is 119 Å². The maximum Gasteiger partial charge on any atom is 0.128 e. The molecular weight excluding hydrogens is 897 g/mol. The summed E-state index contributed by atoms with van der Waals surface area (Å²) in [4.78, 5) is 0. The Kier molecular flexibility index (Phi) is 8.24. The van der Waals surface area contributed by atoms with Gasteiger partial charge in [-0.1, -0.05) is 156 Å². The fourth-order valence-corrected chi connectivity index (χ4v) is 14.8.